The molecule has 4 heteroatoms. The zero-order valence-corrected chi connectivity index (χ0v) is 11.1. The first-order chi connectivity index (χ1) is 7.45. The van der Waals surface area contributed by atoms with E-state index in [2.05, 4.69) is 15.9 Å². The summed E-state index contributed by atoms with van der Waals surface area (Å²) in [5.41, 5.74) is 1.71. The lowest BCUT2D eigenvalue weighted by Gasteiger charge is -2.08. The Hall–Kier alpha value is -1.00. The van der Waals surface area contributed by atoms with Crippen LogP contribution in [0.2, 0.25) is 0 Å². The fourth-order valence-electron chi connectivity index (χ4n) is 1.22. The minimum absolute atomic E-state index is 0.0781. The average molecular weight is 287 g/mol. The number of phenolic OH excluding ortho intramolecular Hbond substituents is 1. The second-order valence-electron chi connectivity index (χ2n) is 3.62. The minimum atomic E-state index is -0.487. The Labute approximate surface area is 104 Å². The maximum atomic E-state index is 9.62. The van der Waals surface area contributed by atoms with Crippen molar-refractivity contribution in [2.45, 2.75) is 20.0 Å². The molecular weight excluding hydrogens is 272 g/mol. The number of hydrogen-bond donors (Lipinski definition) is 2. The third-order valence-corrected chi connectivity index (χ3v) is 2.93. The number of aromatic hydroxyl groups is 1. The Balaban J connectivity index is 3.17. The van der Waals surface area contributed by atoms with Gasteiger partial charge in [-0.15, -0.1) is 0 Å². The summed E-state index contributed by atoms with van der Waals surface area (Å²) in [6.07, 6.45) is 1.36. The summed E-state index contributed by atoms with van der Waals surface area (Å²) in [6, 6.07) is 3.48. The lowest BCUT2D eigenvalue weighted by atomic mass is 10.1. The average Bonchev–Trinajstić information content (AvgIpc) is 2.22. The highest BCUT2D eigenvalue weighted by Crippen LogP contribution is 2.35. The van der Waals surface area contributed by atoms with Gasteiger partial charge in [0.2, 0.25) is 0 Å². The molecule has 0 fully saturated rings. The number of aliphatic hydroxyl groups excluding tert-OH is 1. The van der Waals surface area contributed by atoms with Gasteiger partial charge in [0, 0.05) is 0 Å². The molecule has 1 unspecified atom stereocenters. The molecule has 0 spiro atoms. The first kappa shape index (κ1) is 13.1. The summed E-state index contributed by atoms with van der Waals surface area (Å²) in [5, 5.41) is 19.0. The van der Waals surface area contributed by atoms with E-state index in [4.69, 9.17) is 4.74 Å². The number of phenols is 1. The Bertz CT molecular complexity index is 411. The van der Waals surface area contributed by atoms with Gasteiger partial charge in [0.05, 0.1) is 17.7 Å². The highest BCUT2D eigenvalue weighted by atomic mass is 79.9. The molecule has 1 rings (SSSR count). The predicted octanol–water partition coefficient (Wildman–Crippen LogP) is 2.95. The summed E-state index contributed by atoms with van der Waals surface area (Å²) >= 11 is 3.24. The summed E-state index contributed by atoms with van der Waals surface area (Å²) < 4.78 is 5.60. The number of benzene rings is 1. The monoisotopic (exact) mass is 286 g/mol. The van der Waals surface area contributed by atoms with E-state index in [1.165, 1.54) is 7.11 Å². The molecule has 16 heavy (non-hydrogen) atoms. The summed E-state index contributed by atoms with van der Waals surface area (Å²) in [5.74, 6) is 0.480. The van der Waals surface area contributed by atoms with E-state index in [1.54, 1.807) is 19.1 Å². The first-order valence-electron chi connectivity index (χ1n) is 4.88. The fraction of sp³-hybridized carbons (Fsp3) is 0.333. The van der Waals surface area contributed by atoms with Crippen LogP contribution in [0.25, 0.3) is 6.08 Å². The molecule has 2 N–H and O–H groups in total. The van der Waals surface area contributed by atoms with Crippen LogP contribution in [0.1, 0.15) is 19.4 Å². The van der Waals surface area contributed by atoms with Gasteiger partial charge >= 0.3 is 0 Å². The van der Waals surface area contributed by atoms with Gasteiger partial charge in [0.15, 0.2) is 11.5 Å². The molecule has 0 aliphatic carbocycles. The van der Waals surface area contributed by atoms with Crippen molar-refractivity contribution in [3.8, 4) is 11.5 Å². The van der Waals surface area contributed by atoms with E-state index in [9.17, 15) is 10.2 Å². The van der Waals surface area contributed by atoms with Crippen LogP contribution in [-0.4, -0.2) is 23.4 Å². The summed E-state index contributed by atoms with van der Waals surface area (Å²) in [6.45, 7) is 3.55. The lowest BCUT2D eigenvalue weighted by Crippen LogP contribution is -2.00. The maximum absolute atomic E-state index is 9.62. The van der Waals surface area contributed by atoms with Crippen molar-refractivity contribution in [1.82, 2.24) is 0 Å². The molecule has 1 aromatic carbocycles. The molecule has 0 saturated heterocycles. The Morgan fingerprint density at radius 1 is 1.50 bits per heavy atom. The van der Waals surface area contributed by atoms with E-state index in [0.717, 1.165) is 11.1 Å². The molecule has 0 aliphatic rings. The van der Waals surface area contributed by atoms with E-state index in [-0.39, 0.29) is 5.75 Å². The largest absolute Gasteiger partial charge is 0.503 e. The van der Waals surface area contributed by atoms with Crippen LogP contribution >= 0.6 is 15.9 Å². The van der Waals surface area contributed by atoms with Crippen molar-refractivity contribution < 1.29 is 14.9 Å². The van der Waals surface area contributed by atoms with Crippen molar-refractivity contribution in [2.24, 2.45) is 0 Å². The van der Waals surface area contributed by atoms with Gasteiger partial charge in [0.1, 0.15) is 0 Å². The number of halogens is 1. The zero-order valence-electron chi connectivity index (χ0n) is 9.49. The topological polar surface area (TPSA) is 49.7 Å². The van der Waals surface area contributed by atoms with Crippen molar-refractivity contribution in [3.63, 3.8) is 0 Å². The van der Waals surface area contributed by atoms with E-state index in [1.807, 2.05) is 13.0 Å². The van der Waals surface area contributed by atoms with E-state index in [0.29, 0.717) is 10.2 Å². The molecule has 0 radical (unpaired) electrons. The second kappa shape index (κ2) is 5.37. The number of aliphatic hydroxyl groups is 1. The van der Waals surface area contributed by atoms with Gasteiger partial charge in [-0.3, -0.25) is 0 Å². The number of rotatable bonds is 3. The van der Waals surface area contributed by atoms with Crippen LogP contribution in [0, 0.1) is 0 Å². The molecule has 0 bridgehead atoms. The molecule has 1 atom stereocenters. The predicted molar refractivity (Wildman–Crippen MR) is 67.7 cm³/mol. The summed E-state index contributed by atoms with van der Waals surface area (Å²) in [4.78, 5) is 0. The van der Waals surface area contributed by atoms with E-state index >= 15 is 0 Å². The fourth-order valence-corrected chi connectivity index (χ4v) is 1.68. The quantitative estimate of drug-likeness (QED) is 0.898. The van der Waals surface area contributed by atoms with Crippen LogP contribution in [0.5, 0.6) is 11.5 Å². The SMILES string of the molecule is COc1cc(/C=C(/C)C(C)O)cc(Br)c1O. The second-order valence-corrected chi connectivity index (χ2v) is 4.47. The maximum Gasteiger partial charge on any atom is 0.172 e. The van der Waals surface area contributed by atoms with Gasteiger partial charge in [-0.2, -0.15) is 0 Å². The zero-order chi connectivity index (χ0) is 12.3. The number of hydrogen-bond acceptors (Lipinski definition) is 3. The van der Waals surface area contributed by atoms with Gasteiger partial charge in [0.25, 0.3) is 0 Å². The van der Waals surface area contributed by atoms with Crippen LogP contribution < -0.4 is 4.74 Å². The molecule has 0 aromatic heterocycles. The standard InChI is InChI=1S/C12H15BrO3/c1-7(8(2)14)4-9-5-10(13)12(15)11(6-9)16-3/h4-6,8,14-15H,1-3H3/b7-4-. The van der Waals surface area contributed by atoms with Crippen LogP contribution in [0.4, 0.5) is 0 Å². The lowest BCUT2D eigenvalue weighted by molar-refractivity contribution is 0.232. The van der Waals surface area contributed by atoms with Crippen molar-refractivity contribution in [1.29, 1.82) is 0 Å². The smallest absolute Gasteiger partial charge is 0.172 e. The van der Waals surface area contributed by atoms with Crippen LogP contribution in [0.15, 0.2) is 22.2 Å². The highest BCUT2D eigenvalue weighted by molar-refractivity contribution is 9.10. The van der Waals surface area contributed by atoms with E-state index < -0.39 is 6.10 Å². The molecule has 1 aromatic rings. The van der Waals surface area contributed by atoms with Crippen molar-refractivity contribution in [3.05, 3.63) is 27.7 Å². The normalized spacial score (nSPS) is 13.7. The first-order valence-corrected chi connectivity index (χ1v) is 5.67. The van der Waals surface area contributed by atoms with Gasteiger partial charge < -0.3 is 14.9 Å². The minimum Gasteiger partial charge on any atom is -0.503 e. The molecule has 88 valence electrons. The van der Waals surface area contributed by atoms with Gasteiger partial charge in [-0.05, 0) is 53.0 Å². The van der Waals surface area contributed by atoms with Crippen molar-refractivity contribution >= 4 is 22.0 Å². The Morgan fingerprint density at radius 3 is 2.62 bits per heavy atom. The Morgan fingerprint density at radius 2 is 2.12 bits per heavy atom. The third-order valence-electron chi connectivity index (χ3n) is 2.32. The summed E-state index contributed by atoms with van der Waals surface area (Å²) in [7, 11) is 1.50. The Kier molecular flexibility index (Phi) is 4.38. The molecule has 0 aliphatic heterocycles. The molecule has 0 heterocycles. The molecule has 0 saturated carbocycles. The highest BCUT2D eigenvalue weighted by Gasteiger charge is 2.08. The van der Waals surface area contributed by atoms with Crippen LogP contribution in [-0.2, 0) is 0 Å². The molecule has 3 nitrogen and oxygen atoms in total. The molecule has 0 amide bonds. The number of ether oxygens (including phenoxy) is 1. The number of methoxy groups -OCH3 is 1. The van der Waals surface area contributed by atoms with Crippen LogP contribution in [0.3, 0.4) is 0 Å². The third kappa shape index (κ3) is 3.00. The molecular formula is C12H15BrO3. The van der Waals surface area contributed by atoms with Gasteiger partial charge in [-0.1, -0.05) is 6.08 Å². The van der Waals surface area contributed by atoms with Crippen molar-refractivity contribution in [2.75, 3.05) is 7.11 Å². The van der Waals surface area contributed by atoms with Gasteiger partial charge in [-0.25, -0.2) is 0 Å².